The number of aliphatic hydroxyl groups is 1. The van der Waals surface area contributed by atoms with E-state index in [9.17, 15) is 23.1 Å². The standard InChI is InChI=1S/C18H24F3NO2/c1-12(10-14-5-7-15(8-6-14)18(19,20)21)17(24)22-9-3-4-16(22)11-13(2)23/h5-8,12-13,16,23H,3-4,9-11H2,1-2H3. The number of alkyl halides is 3. The van der Waals surface area contributed by atoms with Crippen molar-refractivity contribution >= 4 is 5.91 Å². The minimum absolute atomic E-state index is 0.0121. The lowest BCUT2D eigenvalue weighted by Gasteiger charge is -2.28. The minimum atomic E-state index is -4.34. The van der Waals surface area contributed by atoms with Crippen molar-refractivity contribution < 1.29 is 23.1 Å². The summed E-state index contributed by atoms with van der Waals surface area (Å²) in [5.74, 6) is -0.283. The van der Waals surface area contributed by atoms with E-state index >= 15 is 0 Å². The fourth-order valence-corrected chi connectivity index (χ4v) is 3.32. The number of rotatable bonds is 5. The maximum Gasteiger partial charge on any atom is 0.416 e. The number of hydrogen-bond donors (Lipinski definition) is 1. The van der Waals surface area contributed by atoms with Crippen LogP contribution >= 0.6 is 0 Å². The van der Waals surface area contributed by atoms with Gasteiger partial charge in [-0.25, -0.2) is 0 Å². The first-order chi connectivity index (χ1) is 11.2. The lowest BCUT2D eigenvalue weighted by Crippen LogP contribution is -2.40. The van der Waals surface area contributed by atoms with Gasteiger partial charge in [-0.2, -0.15) is 13.2 Å². The summed E-state index contributed by atoms with van der Waals surface area (Å²) in [5.41, 5.74) is 0.0388. The van der Waals surface area contributed by atoms with Crippen LogP contribution < -0.4 is 0 Å². The van der Waals surface area contributed by atoms with Crippen LogP contribution in [0.5, 0.6) is 0 Å². The summed E-state index contributed by atoms with van der Waals surface area (Å²) in [6, 6.07) is 5.04. The van der Waals surface area contributed by atoms with Gasteiger partial charge in [-0.15, -0.1) is 0 Å². The summed E-state index contributed by atoms with van der Waals surface area (Å²) in [7, 11) is 0. The molecule has 24 heavy (non-hydrogen) atoms. The van der Waals surface area contributed by atoms with Gasteiger partial charge >= 0.3 is 6.18 Å². The molecule has 1 saturated heterocycles. The first-order valence-electron chi connectivity index (χ1n) is 8.33. The molecule has 6 heteroatoms. The SMILES string of the molecule is CC(O)CC1CCCN1C(=O)C(C)Cc1ccc(C(F)(F)F)cc1. The third-order valence-electron chi connectivity index (χ3n) is 4.52. The van der Waals surface area contributed by atoms with Crippen LogP contribution in [0.2, 0.25) is 0 Å². The normalized spacial score (nSPS) is 20.9. The molecule has 3 unspecified atom stereocenters. The molecule has 1 aromatic rings. The number of halogens is 3. The monoisotopic (exact) mass is 343 g/mol. The predicted octanol–water partition coefficient (Wildman–Crippen LogP) is 3.65. The molecule has 1 N–H and O–H groups in total. The van der Waals surface area contributed by atoms with Gasteiger partial charge in [0, 0.05) is 18.5 Å². The van der Waals surface area contributed by atoms with Crippen molar-refractivity contribution in [3.05, 3.63) is 35.4 Å². The highest BCUT2D eigenvalue weighted by Gasteiger charge is 2.32. The predicted molar refractivity (Wildman–Crippen MR) is 85.3 cm³/mol. The molecule has 1 aliphatic rings. The zero-order valence-corrected chi connectivity index (χ0v) is 14.0. The van der Waals surface area contributed by atoms with Crippen molar-refractivity contribution in [1.29, 1.82) is 0 Å². The topological polar surface area (TPSA) is 40.5 Å². The maximum atomic E-state index is 12.6. The van der Waals surface area contributed by atoms with Crippen LogP contribution in [0.4, 0.5) is 13.2 Å². The largest absolute Gasteiger partial charge is 0.416 e. The Bertz CT molecular complexity index is 554. The molecule has 0 bridgehead atoms. The van der Waals surface area contributed by atoms with Crippen LogP contribution in [-0.4, -0.2) is 34.6 Å². The number of carbonyl (C=O) groups is 1. The Morgan fingerprint density at radius 2 is 1.92 bits per heavy atom. The summed E-state index contributed by atoms with van der Waals surface area (Å²) in [6.45, 7) is 4.21. The van der Waals surface area contributed by atoms with E-state index in [1.807, 2.05) is 4.90 Å². The Morgan fingerprint density at radius 3 is 2.46 bits per heavy atom. The smallest absolute Gasteiger partial charge is 0.393 e. The zero-order valence-electron chi connectivity index (χ0n) is 14.0. The molecule has 0 aromatic heterocycles. The van der Waals surface area contributed by atoms with Gasteiger partial charge in [0.1, 0.15) is 0 Å². The molecular weight excluding hydrogens is 319 g/mol. The van der Waals surface area contributed by atoms with Gasteiger partial charge in [-0.3, -0.25) is 4.79 Å². The number of nitrogens with zero attached hydrogens (tertiary/aromatic N) is 1. The van der Waals surface area contributed by atoms with Crippen LogP contribution in [0, 0.1) is 5.92 Å². The van der Waals surface area contributed by atoms with Gasteiger partial charge in [0.25, 0.3) is 0 Å². The van der Waals surface area contributed by atoms with Gasteiger partial charge in [-0.05, 0) is 50.3 Å². The molecule has 0 saturated carbocycles. The third-order valence-corrected chi connectivity index (χ3v) is 4.52. The Kier molecular flexibility index (Phi) is 5.91. The van der Waals surface area contributed by atoms with Gasteiger partial charge < -0.3 is 10.0 Å². The summed E-state index contributed by atoms with van der Waals surface area (Å²) in [4.78, 5) is 14.5. The molecular formula is C18H24F3NO2. The Balaban J connectivity index is 1.98. The molecule has 1 aromatic carbocycles. The second-order valence-corrected chi connectivity index (χ2v) is 6.71. The summed E-state index contributed by atoms with van der Waals surface area (Å²) in [5, 5.41) is 9.55. The molecule has 134 valence electrons. The first-order valence-corrected chi connectivity index (χ1v) is 8.33. The second kappa shape index (κ2) is 7.55. The van der Waals surface area contributed by atoms with Crippen molar-refractivity contribution in [2.24, 2.45) is 5.92 Å². The Morgan fingerprint density at radius 1 is 1.29 bits per heavy atom. The van der Waals surface area contributed by atoms with Crippen LogP contribution in [0.25, 0.3) is 0 Å². The van der Waals surface area contributed by atoms with Crippen molar-refractivity contribution in [3.63, 3.8) is 0 Å². The average Bonchev–Trinajstić information content (AvgIpc) is 2.93. The van der Waals surface area contributed by atoms with E-state index in [2.05, 4.69) is 0 Å². The molecule has 0 spiro atoms. The molecule has 1 aliphatic heterocycles. The number of hydrogen-bond acceptors (Lipinski definition) is 2. The summed E-state index contributed by atoms with van der Waals surface area (Å²) < 4.78 is 37.7. The molecule has 3 atom stereocenters. The van der Waals surface area contributed by atoms with E-state index in [1.165, 1.54) is 12.1 Å². The van der Waals surface area contributed by atoms with E-state index in [0.717, 1.165) is 30.5 Å². The van der Waals surface area contributed by atoms with E-state index in [0.29, 0.717) is 19.4 Å². The zero-order chi connectivity index (χ0) is 17.9. The van der Waals surface area contributed by atoms with Crippen molar-refractivity contribution in [2.75, 3.05) is 6.54 Å². The number of likely N-dealkylation sites (tertiary alicyclic amines) is 1. The fourth-order valence-electron chi connectivity index (χ4n) is 3.32. The van der Waals surface area contributed by atoms with Gasteiger partial charge in [0.05, 0.1) is 11.7 Å². The molecule has 0 radical (unpaired) electrons. The number of aliphatic hydroxyl groups excluding tert-OH is 1. The second-order valence-electron chi connectivity index (χ2n) is 6.71. The van der Waals surface area contributed by atoms with E-state index in [-0.39, 0.29) is 17.9 Å². The van der Waals surface area contributed by atoms with Crippen LogP contribution in [-0.2, 0) is 17.4 Å². The highest BCUT2D eigenvalue weighted by molar-refractivity contribution is 5.79. The molecule has 1 heterocycles. The Labute approximate surface area is 140 Å². The van der Waals surface area contributed by atoms with Gasteiger partial charge in [0.2, 0.25) is 5.91 Å². The van der Waals surface area contributed by atoms with E-state index in [1.54, 1.807) is 13.8 Å². The van der Waals surface area contributed by atoms with Crippen molar-refractivity contribution in [3.8, 4) is 0 Å². The van der Waals surface area contributed by atoms with Crippen LogP contribution in [0.1, 0.15) is 44.2 Å². The van der Waals surface area contributed by atoms with Crippen LogP contribution in [0.3, 0.4) is 0 Å². The molecule has 0 aliphatic carbocycles. The maximum absolute atomic E-state index is 12.6. The summed E-state index contributed by atoms with van der Waals surface area (Å²) >= 11 is 0. The summed E-state index contributed by atoms with van der Waals surface area (Å²) in [6.07, 6.45) is -1.99. The highest BCUT2D eigenvalue weighted by atomic mass is 19.4. The number of benzene rings is 1. The molecule has 3 nitrogen and oxygen atoms in total. The van der Waals surface area contributed by atoms with E-state index < -0.39 is 17.8 Å². The number of amides is 1. The van der Waals surface area contributed by atoms with E-state index in [4.69, 9.17) is 0 Å². The fraction of sp³-hybridized carbons (Fsp3) is 0.611. The first kappa shape index (κ1) is 18.8. The van der Waals surface area contributed by atoms with Crippen molar-refractivity contribution in [1.82, 2.24) is 4.90 Å². The average molecular weight is 343 g/mol. The van der Waals surface area contributed by atoms with Crippen molar-refractivity contribution in [2.45, 2.75) is 57.9 Å². The third kappa shape index (κ3) is 4.72. The highest BCUT2D eigenvalue weighted by Crippen LogP contribution is 2.30. The minimum Gasteiger partial charge on any atom is -0.393 e. The van der Waals surface area contributed by atoms with Gasteiger partial charge in [0.15, 0.2) is 0 Å². The lowest BCUT2D eigenvalue weighted by molar-refractivity contribution is -0.138. The quantitative estimate of drug-likeness (QED) is 0.887. The number of carbonyl (C=O) groups excluding carboxylic acids is 1. The Hall–Kier alpha value is -1.56. The molecule has 2 rings (SSSR count). The lowest BCUT2D eigenvalue weighted by atomic mass is 9.98. The molecule has 1 amide bonds. The van der Waals surface area contributed by atoms with Gasteiger partial charge in [-0.1, -0.05) is 19.1 Å². The van der Waals surface area contributed by atoms with Crippen LogP contribution in [0.15, 0.2) is 24.3 Å². The molecule has 1 fully saturated rings.